The molecule has 0 saturated heterocycles. The second-order valence-corrected chi connectivity index (χ2v) is 7.01. The SMILES string of the molecule is COc1ccccc1-c1ccc2nnc(SCc3c(F)cccc3Cl)n2n1. The molecule has 8 heteroatoms. The molecule has 4 aromatic rings. The number of hydrogen-bond acceptors (Lipinski definition) is 5. The quantitative estimate of drug-likeness (QED) is 0.447. The lowest BCUT2D eigenvalue weighted by Gasteiger charge is -2.08. The number of hydrogen-bond donors (Lipinski definition) is 0. The van der Waals surface area contributed by atoms with Gasteiger partial charge in [-0.2, -0.15) is 9.61 Å². The van der Waals surface area contributed by atoms with E-state index >= 15 is 0 Å². The Bertz CT molecular complexity index is 1100. The number of fused-ring (bicyclic) bond motifs is 1. The molecule has 0 atom stereocenters. The summed E-state index contributed by atoms with van der Waals surface area (Å²) < 4.78 is 21.0. The molecular weight excluding hydrogens is 387 g/mol. The van der Waals surface area contributed by atoms with E-state index in [2.05, 4.69) is 15.3 Å². The Morgan fingerprint density at radius 1 is 1.07 bits per heavy atom. The molecule has 5 nitrogen and oxygen atoms in total. The average Bonchev–Trinajstić information content (AvgIpc) is 3.10. The first-order chi connectivity index (χ1) is 13.2. The van der Waals surface area contributed by atoms with Crippen LogP contribution >= 0.6 is 23.4 Å². The van der Waals surface area contributed by atoms with Gasteiger partial charge >= 0.3 is 0 Å². The Labute approximate surface area is 164 Å². The van der Waals surface area contributed by atoms with Gasteiger partial charge in [0.25, 0.3) is 0 Å². The van der Waals surface area contributed by atoms with Crippen LogP contribution in [-0.4, -0.2) is 26.9 Å². The Kier molecular flexibility index (Phi) is 4.96. The zero-order valence-corrected chi connectivity index (χ0v) is 15.8. The first-order valence-electron chi connectivity index (χ1n) is 8.09. The van der Waals surface area contributed by atoms with Crippen LogP contribution in [0.2, 0.25) is 5.02 Å². The fourth-order valence-corrected chi connectivity index (χ4v) is 3.90. The standard InChI is InChI=1S/C19H14ClFN4OS/c1-26-17-8-3-2-5-12(17)16-9-10-18-22-23-19(25(18)24-16)27-11-13-14(20)6-4-7-15(13)21/h2-10H,11H2,1H3. The van der Waals surface area contributed by atoms with Crippen molar-refractivity contribution in [1.29, 1.82) is 0 Å². The van der Waals surface area contributed by atoms with E-state index in [4.69, 9.17) is 16.3 Å². The maximum Gasteiger partial charge on any atom is 0.212 e. The molecule has 2 heterocycles. The highest BCUT2D eigenvalue weighted by Gasteiger charge is 2.14. The van der Waals surface area contributed by atoms with Crippen LogP contribution in [0, 0.1) is 5.82 Å². The highest BCUT2D eigenvalue weighted by atomic mass is 35.5. The van der Waals surface area contributed by atoms with Crippen LogP contribution in [-0.2, 0) is 5.75 Å². The molecule has 0 saturated carbocycles. The number of benzene rings is 2. The summed E-state index contributed by atoms with van der Waals surface area (Å²) in [6.45, 7) is 0. The maximum absolute atomic E-state index is 14.0. The second-order valence-electron chi connectivity index (χ2n) is 5.66. The van der Waals surface area contributed by atoms with Crippen LogP contribution in [0.5, 0.6) is 5.75 Å². The molecule has 0 amide bonds. The van der Waals surface area contributed by atoms with Gasteiger partial charge in [-0.15, -0.1) is 10.2 Å². The first kappa shape index (κ1) is 17.8. The van der Waals surface area contributed by atoms with Crippen molar-refractivity contribution in [2.24, 2.45) is 0 Å². The van der Waals surface area contributed by atoms with Crippen LogP contribution in [0.4, 0.5) is 4.39 Å². The summed E-state index contributed by atoms with van der Waals surface area (Å²) in [6, 6.07) is 16.0. The van der Waals surface area contributed by atoms with Gasteiger partial charge in [0.05, 0.1) is 12.8 Å². The summed E-state index contributed by atoms with van der Waals surface area (Å²) in [7, 11) is 1.62. The van der Waals surface area contributed by atoms with Crippen molar-refractivity contribution >= 4 is 29.0 Å². The third-order valence-electron chi connectivity index (χ3n) is 4.02. The third kappa shape index (κ3) is 3.48. The number of halogens is 2. The Morgan fingerprint density at radius 3 is 2.74 bits per heavy atom. The predicted molar refractivity (Wildman–Crippen MR) is 104 cm³/mol. The lowest BCUT2D eigenvalue weighted by Crippen LogP contribution is -1.98. The predicted octanol–water partition coefficient (Wildman–Crippen LogP) is 4.88. The molecule has 0 fully saturated rings. The molecular formula is C19H14ClFN4OS. The molecule has 4 rings (SSSR count). The molecule has 2 aromatic carbocycles. The summed E-state index contributed by atoms with van der Waals surface area (Å²) in [5.74, 6) is 0.712. The molecule has 0 bridgehead atoms. The van der Waals surface area contributed by atoms with E-state index in [0.29, 0.717) is 27.1 Å². The molecule has 0 unspecified atom stereocenters. The fraction of sp³-hybridized carbons (Fsp3) is 0.105. The third-order valence-corrected chi connectivity index (χ3v) is 5.32. The van der Waals surface area contributed by atoms with Crippen LogP contribution in [0.25, 0.3) is 16.9 Å². The van der Waals surface area contributed by atoms with Crippen molar-refractivity contribution in [2.45, 2.75) is 10.9 Å². The average molecular weight is 401 g/mol. The smallest absolute Gasteiger partial charge is 0.212 e. The molecule has 0 aliphatic rings. The van der Waals surface area contributed by atoms with Gasteiger partial charge in [-0.25, -0.2) is 4.39 Å². The minimum Gasteiger partial charge on any atom is -0.496 e. The van der Waals surface area contributed by atoms with E-state index in [0.717, 1.165) is 17.0 Å². The summed E-state index contributed by atoms with van der Waals surface area (Å²) in [5, 5.41) is 13.9. The molecule has 0 aliphatic carbocycles. The molecule has 0 N–H and O–H groups in total. The molecule has 136 valence electrons. The van der Waals surface area contributed by atoms with Crippen molar-refractivity contribution < 1.29 is 9.13 Å². The van der Waals surface area contributed by atoms with Crippen molar-refractivity contribution in [3.8, 4) is 17.0 Å². The second kappa shape index (κ2) is 7.54. The largest absolute Gasteiger partial charge is 0.496 e. The van der Waals surface area contributed by atoms with E-state index in [-0.39, 0.29) is 5.82 Å². The first-order valence-corrected chi connectivity index (χ1v) is 9.45. The molecule has 2 aromatic heterocycles. The van der Waals surface area contributed by atoms with E-state index in [1.54, 1.807) is 23.8 Å². The van der Waals surface area contributed by atoms with E-state index in [9.17, 15) is 4.39 Å². The van der Waals surface area contributed by atoms with Crippen LogP contribution < -0.4 is 4.74 Å². The monoisotopic (exact) mass is 400 g/mol. The topological polar surface area (TPSA) is 52.3 Å². The van der Waals surface area contributed by atoms with Gasteiger partial charge < -0.3 is 4.74 Å². The molecule has 27 heavy (non-hydrogen) atoms. The van der Waals surface area contributed by atoms with Gasteiger partial charge in [-0.05, 0) is 36.4 Å². The Morgan fingerprint density at radius 2 is 1.93 bits per heavy atom. The van der Waals surface area contributed by atoms with Crippen molar-refractivity contribution in [1.82, 2.24) is 19.8 Å². The zero-order valence-electron chi connectivity index (χ0n) is 14.3. The number of rotatable bonds is 5. The normalized spacial score (nSPS) is 11.1. The number of methoxy groups -OCH3 is 1. The van der Waals surface area contributed by atoms with Gasteiger partial charge in [0.1, 0.15) is 11.6 Å². The van der Waals surface area contributed by atoms with Crippen molar-refractivity contribution in [3.05, 3.63) is 71.0 Å². The van der Waals surface area contributed by atoms with Crippen LogP contribution in [0.3, 0.4) is 0 Å². The summed E-state index contributed by atoms with van der Waals surface area (Å²) >= 11 is 7.42. The van der Waals surface area contributed by atoms with Crippen LogP contribution in [0.15, 0.2) is 59.8 Å². The highest BCUT2D eigenvalue weighted by Crippen LogP contribution is 2.30. The van der Waals surface area contributed by atoms with Crippen LogP contribution in [0.1, 0.15) is 5.56 Å². The minimum atomic E-state index is -0.341. The van der Waals surface area contributed by atoms with Crippen molar-refractivity contribution in [2.75, 3.05) is 7.11 Å². The molecule has 0 aliphatic heterocycles. The van der Waals surface area contributed by atoms with E-state index < -0.39 is 0 Å². The molecule has 0 radical (unpaired) electrons. The van der Waals surface area contributed by atoms with Gasteiger partial charge in [-0.3, -0.25) is 0 Å². The number of nitrogens with zero attached hydrogens (tertiary/aromatic N) is 4. The number of para-hydroxylation sites is 1. The number of ether oxygens (including phenoxy) is 1. The summed E-state index contributed by atoms with van der Waals surface area (Å²) in [6.07, 6.45) is 0. The number of thioether (sulfide) groups is 1. The van der Waals surface area contributed by atoms with E-state index in [1.165, 1.54) is 17.8 Å². The molecule has 0 spiro atoms. The fourth-order valence-electron chi connectivity index (χ4n) is 2.67. The zero-order chi connectivity index (χ0) is 18.8. The lowest BCUT2D eigenvalue weighted by molar-refractivity contribution is 0.416. The van der Waals surface area contributed by atoms with Gasteiger partial charge in [0, 0.05) is 21.9 Å². The lowest BCUT2D eigenvalue weighted by atomic mass is 10.1. The van der Waals surface area contributed by atoms with Gasteiger partial charge in [0.15, 0.2) is 5.65 Å². The van der Waals surface area contributed by atoms with Gasteiger partial charge in [0.2, 0.25) is 5.16 Å². The Balaban J connectivity index is 1.68. The van der Waals surface area contributed by atoms with Gasteiger partial charge in [-0.1, -0.05) is 41.6 Å². The Hall–Kier alpha value is -2.64. The summed E-state index contributed by atoms with van der Waals surface area (Å²) in [5.41, 5.74) is 2.63. The number of aromatic nitrogens is 4. The highest BCUT2D eigenvalue weighted by molar-refractivity contribution is 7.98. The summed E-state index contributed by atoms with van der Waals surface area (Å²) in [4.78, 5) is 0. The maximum atomic E-state index is 14.0. The van der Waals surface area contributed by atoms with E-state index in [1.807, 2.05) is 36.4 Å². The minimum absolute atomic E-state index is 0.326. The van der Waals surface area contributed by atoms with Crippen molar-refractivity contribution in [3.63, 3.8) is 0 Å².